The van der Waals surface area contributed by atoms with Gasteiger partial charge in [-0.3, -0.25) is 4.79 Å². The second-order valence-corrected chi connectivity index (χ2v) is 4.01. The van der Waals surface area contributed by atoms with Crippen LogP contribution in [-0.4, -0.2) is 10.4 Å². The number of ketones is 1. The van der Waals surface area contributed by atoms with Crippen molar-refractivity contribution in [1.82, 2.24) is 0 Å². The van der Waals surface area contributed by atoms with E-state index in [-0.39, 0.29) is 6.42 Å². The largest absolute Gasteiger partial charge is 0.290 e. The average molecular weight is 245 g/mol. The van der Waals surface area contributed by atoms with Crippen LogP contribution in [0.15, 0.2) is 30.3 Å². The lowest BCUT2D eigenvalue weighted by molar-refractivity contribution is 0.0843. The fourth-order valence-electron chi connectivity index (χ4n) is 0.961. The number of rotatable bonds is 3. The number of carbonyl (C=O) groups excluding carboxylic acids is 1. The summed E-state index contributed by atoms with van der Waals surface area (Å²) < 4.78 is 11.5. The Kier molecular flexibility index (Phi) is 3.20. The molecule has 0 radical (unpaired) electrons. The van der Waals surface area contributed by atoms with Crippen molar-refractivity contribution in [3.05, 3.63) is 35.9 Å². The second-order valence-electron chi connectivity index (χ2n) is 2.75. The van der Waals surface area contributed by atoms with Crippen LogP contribution < -0.4 is 0 Å². The Balaban J connectivity index is 2.93. The molecule has 0 fully saturated rings. The van der Waals surface area contributed by atoms with Gasteiger partial charge in [-0.2, -0.15) is 0 Å². The first-order valence-corrected chi connectivity index (χ1v) is 4.85. The van der Waals surface area contributed by atoms with Gasteiger partial charge in [0, 0.05) is 5.56 Å². The molecule has 1 nitrogen and oxygen atoms in total. The Morgan fingerprint density at radius 3 is 2.46 bits per heavy atom. The lowest BCUT2D eigenvalue weighted by Gasteiger charge is -2.13. The van der Waals surface area contributed by atoms with Gasteiger partial charge in [-0.05, 0) is 22.4 Å². The highest BCUT2D eigenvalue weighted by Crippen LogP contribution is 2.28. The molecule has 1 aromatic carbocycles. The van der Waals surface area contributed by atoms with Crippen LogP contribution in [0.4, 0.5) is 4.39 Å². The molecule has 0 saturated heterocycles. The van der Waals surface area contributed by atoms with Gasteiger partial charge >= 0.3 is 0 Å². The van der Waals surface area contributed by atoms with Gasteiger partial charge in [0.2, 0.25) is 10.4 Å². The van der Waals surface area contributed by atoms with Crippen LogP contribution in [0.3, 0.4) is 0 Å². The zero-order chi connectivity index (χ0) is 9.90. The third kappa shape index (κ3) is 2.37. The lowest BCUT2D eigenvalue weighted by Crippen LogP contribution is -2.25. The number of Topliss-reactive ketones (excluding diaryl/α,β-unsaturated/α-hetero) is 1. The lowest BCUT2D eigenvalue weighted by atomic mass is 10.1. The van der Waals surface area contributed by atoms with Crippen molar-refractivity contribution in [2.24, 2.45) is 0 Å². The van der Waals surface area contributed by atoms with Crippen LogP contribution in [0.5, 0.6) is 0 Å². The quantitative estimate of drug-likeness (QED) is 0.589. The fraction of sp³-hybridized carbons (Fsp3) is 0.300. The monoisotopic (exact) mass is 244 g/mol. The molecule has 0 amide bonds. The van der Waals surface area contributed by atoms with Crippen molar-refractivity contribution in [2.45, 2.75) is 17.9 Å². The zero-order valence-electron chi connectivity index (χ0n) is 7.26. The third-order valence-corrected chi connectivity index (χ3v) is 2.73. The predicted molar refractivity (Wildman–Crippen MR) is 53.8 cm³/mol. The molecule has 3 heteroatoms. The van der Waals surface area contributed by atoms with E-state index < -0.39 is 10.4 Å². The Morgan fingerprint density at radius 2 is 2.00 bits per heavy atom. The Labute approximate surface area is 85.1 Å². The number of hydrogen-bond acceptors (Lipinski definition) is 1. The molecule has 0 spiro atoms. The van der Waals surface area contributed by atoms with E-state index >= 15 is 0 Å². The van der Waals surface area contributed by atoms with Gasteiger partial charge in [-0.15, -0.1) is 0 Å². The maximum Gasteiger partial charge on any atom is 0.226 e. The van der Waals surface area contributed by atoms with E-state index in [1.165, 1.54) is 0 Å². The summed E-state index contributed by atoms with van der Waals surface area (Å²) in [6, 6.07) is 8.43. The van der Waals surface area contributed by atoms with E-state index in [1.54, 1.807) is 37.3 Å². The van der Waals surface area contributed by atoms with Crippen LogP contribution >= 0.6 is 15.9 Å². The van der Waals surface area contributed by atoms with Crippen molar-refractivity contribution in [3.8, 4) is 0 Å². The van der Waals surface area contributed by atoms with Crippen molar-refractivity contribution < 1.29 is 9.18 Å². The number of halogens is 2. The van der Waals surface area contributed by atoms with Gasteiger partial charge in [0.15, 0.2) is 0 Å². The van der Waals surface area contributed by atoms with Gasteiger partial charge in [0.05, 0.1) is 0 Å². The number of benzene rings is 1. The molecule has 1 aromatic rings. The summed E-state index contributed by atoms with van der Waals surface area (Å²) in [6.07, 6.45) is 0.126. The van der Waals surface area contributed by atoms with Gasteiger partial charge < -0.3 is 0 Å². The first-order chi connectivity index (χ1) is 6.08. The Morgan fingerprint density at radius 1 is 1.46 bits per heavy atom. The summed E-state index contributed by atoms with van der Waals surface area (Å²) in [6.45, 7) is 1.62. The highest BCUT2D eigenvalue weighted by Gasteiger charge is 2.33. The van der Waals surface area contributed by atoms with E-state index in [0.29, 0.717) is 5.56 Å². The summed E-state index contributed by atoms with van der Waals surface area (Å²) in [5.74, 6) is -0.518. The normalized spacial score (nSPS) is 15.0. The number of alkyl halides is 2. The Hall–Kier alpha value is -0.700. The predicted octanol–water partition coefficient (Wildman–Crippen LogP) is 3.34. The molecular weight excluding hydrogens is 235 g/mol. The van der Waals surface area contributed by atoms with Crippen LogP contribution in [0.25, 0.3) is 0 Å². The van der Waals surface area contributed by atoms with Crippen LogP contribution in [0, 0.1) is 0 Å². The van der Waals surface area contributed by atoms with Crippen molar-refractivity contribution in [1.29, 1.82) is 0 Å². The standard InChI is InChI=1S/C10H10BrFO/c1-2-10(11,12)9(13)8-6-4-3-5-7-8/h3-7H,2H2,1H3. The number of hydrogen-bond donors (Lipinski definition) is 0. The SMILES string of the molecule is CCC(F)(Br)C(=O)c1ccccc1. The molecule has 0 aromatic heterocycles. The summed E-state index contributed by atoms with van der Waals surface area (Å²) in [5, 5.41) is 0. The van der Waals surface area contributed by atoms with Gasteiger partial charge in [0.25, 0.3) is 0 Å². The smallest absolute Gasteiger partial charge is 0.226 e. The highest BCUT2D eigenvalue weighted by molar-refractivity contribution is 9.10. The van der Waals surface area contributed by atoms with Crippen molar-refractivity contribution >= 4 is 21.7 Å². The zero-order valence-corrected chi connectivity index (χ0v) is 8.84. The molecule has 0 saturated carbocycles. The second kappa shape index (κ2) is 4.01. The summed E-state index contributed by atoms with van der Waals surface area (Å²) in [7, 11) is 0. The molecule has 0 heterocycles. The average Bonchev–Trinajstić information content (AvgIpc) is 2.18. The maximum absolute atomic E-state index is 13.5. The molecule has 13 heavy (non-hydrogen) atoms. The first kappa shape index (κ1) is 10.4. The van der Waals surface area contributed by atoms with E-state index in [0.717, 1.165) is 0 Å². The summed E-state index contributed by atoms with van der Waals surface area (Å²) in [4.78, 5) is 11.5. The topological polar surface area (TPSA) is 17.1 Å². The molecule has 1 rings (SSSR count). The summed E-state index contributed by atoms with van der Waals surface area (Å²) in [5.41, 5.74) is 0.392. The minimum Gasteiger partial charge on any atom is -0.290 e. The minimum atomic E-state index is -1.92. The summed E-state index contributed by atoms with van der Waals surface area (Å²) >= 11 is 2.77. The maximum atomic E-state index is 13.5. The molecule has 0 aliphatic carbocycles. The number of carbonyl (C=O) groups is 1. The molecule has 70 valence electrons. The van der Waals surface area contributed by atoms with Crippen LogP contribution in [0.2, 0.25) is 0 Å². The molecule has 1 atom stereocenters. The fourth-order valence-corrected chi connectivity index (χ4v) is 1.19. The van der Waals surface area contributed by atoms with E-state index in [9.17, 15) is 9.18 Å². The molecule has 0 aliphatic heterocycles. The highest BCUT2D eigenvalue weighted by atomic mass is 79.9. The minimum absolute atomic E-state index is 0.126. The molecule has 0 bridgehead atoms. The van der Waals surface area contributed by atoms with Gasteiger partial charge in [-0.25, -0.2) is 4.39 Å². The van der Waals surface area contributed by atoms with Crippen LogP contribution in [0.1, 0.15) is 23.7 Å². The van der Waals surface area contributed by atoms with Gasteiger partial charge in [-0.1, -0.05) is 37.3 Å². The molecule has 0 aliphatic rings. The molecule has 1 unspecified atom stereocenters. The Bertz CT molecular complexity index is 295. The van der Waals surface area contributed by atoms with E-state index in [4.69, 9.17) is 0 Å². The van der Waals surface area contributed by atoms with E-state index in [1.807, 2.05) is 0 Å². The van der Waals surface area contributed by atoms with Crippen LogP contribution in [-0.2, 0) is 0 Å². The van der Waals surface area contributed by atoms with Crippen molar-refractivity contribution in [3.63, 3.8) is 0 Å². The molecule has 0 N–H and O–H groups in total. The van der Waals surface area contributed by atoms with Crippen molar-refractivity contribution in [2.75, 3.05) is 0 Å². The first-order valence-electron chi connectivity index (χ1n) is 4.05. The molecular formula is C10H10BrFO. The third-order valence-electron chi connectivity index (χ3n) is 1.81. The van der Waals surface area contributed by atoms with Gasteiger partial charge in [0.1, 0.15) is 0 Å². The van der Waals surface area contributed by atoms with E-state index in [2.05, 4.69) is 15.9 Å².